The van der Waals surface area contributed by atoms with Gasteiger partial charge in [-0.2, -0.15) is 0 Å². The van der Waals surface area contributed by atoms with Crippen LogP contribution in [-0.2, 0) is 22.6 Å². The molecule has 5 rings (SSSR count). The number of amides is 2. The van der Waals surface area contributed by atoms with E-state index in [-0.39, 0.29) is 17.9 Å². The minimum absolute atomic E-state index is 0.0335. The average molecular weight is 452 g/mol. The molecule has 0 aliphatic carbocycles. The molecule has 0 bridgehead atoms. The monoisotopic (exact) mass is 451 g/mol. The van der Waals surface area contributed by atoms with Gasteiger partial charge in [0, 0.05) is 35.6 Å². The molecular formula is C25H26ClN3O3. The first-order chi connectivity index (χ1) is 15.5. The normalized spacial score (nSPS) is 22.9. The van der Waals surface area contributed by atoms with Crippen molar-refractivity contribution in [1.82, 2.24) is 14.8 Å². The van der Waals surface area contributed by atoms with Crippen molar-refractivity contribution >= 4 is 34.3 Å². The summed E-state index contributed by atoms with van der Waals surface area (Å²) in [6, 6.07) is 17.2. The molecule has 0 saturated carbocycles. The molecule has 0 spiro atoms. The molecule has 166 valence electrons. The SMILES string of the molecule is C[C@@]1(C(=O)NC[C@H]2CCCO2)Cn2c(cc3ccccc32)C(=O)N1Cc1cccc(Cl)c1. The van der Waals surface area contributed by atoms with Crippen molar-refractivity contribution < 1.29 is 14.3 Å². The number of rotatable bonds is 5. The van der Waals surface area contributed by atoms with Crippen molar-refractivity contribution in [3.63, 3.8) is 0 Å². The zero-order chi connectivity index (χ0) is 22.3. The second kappa shape index (κ2) is 8.26. The van der Waals surface area contributed by atoms with Crippen LogP contribution in [0.5, 0.6) is 0 Å². The van der Waals surface area contributed by atoms with Crippen LogP contribution >= 0.6 is 11.6 Å². The summed E-state index contributed by atoms with van der Waals surface area (Å²) in [6.07, 6.45) is 1.98. The lowest BCUT2D eigenvalue weighted by molar-refractivity contribution is -0.133. The van der Waals surface area contributed by atoms with Crippen LogP contribution in [0.1, 0.15) is 35.8 Å². The van der Waals surface area contributed by atoms with E-state index >= 15 is 0 Å². The van der Waals surface area contributed by atoms with E-state index in [1.165, 1.54) is 0 Å². The molecule has 2 aliphatic heterocycles. The highest BCUT2D eigenvalue weighted by atomic mass is 35.5. The van der Waals surface area contributed by atoms with Crippen LogP contribution in [0.25, 0.3) is 10.9 Å². The Hall–Kier alpha value is -2.83. The first kappa shape index (κ1) is 21.0. The second-order valence-corrected chi connectivity index (χ2v) is 9.25. The highest BCUT2D eigenvalue weighted by Gasteiger charge is 2.47. The van der Waals surface area contributed by atoms with Gasteiger partial charge in [-0.05, 0) is 49.6 Å². The fraction of sp³-hybridized carbons (Fsp3) is 0.360. The Morgan fingerprint density at radius 3 is 2.84 bits per heavy atom. The lowest BCUT2D eigenvalue weighted by Crippen LogP contribution is -2.64. The summed E-state index contributed by atoms with van der Waals surface area (Å²) in [5, 5.41) is 4.65. The number of aromatic nitrogens is 1. The Morgan fingerprint density at radius 2 is 2.06 bits per heavy atom. The molecule has 0 radical (unpaired) electrons. The maximum absolute atomic E-state index is 13.7. The van der Waals surface area contributed by atoms with Gasteiger partial charge >= 0.3 is 0 Å². The van der Waals surface area contributed by atoms with Crippen LogP contribution in [-0.4, -0.2) is 46.1 Å². The fourth-order valence-corrected chi connectivity index (χ4v) is 4.99. The van der Waals surface area contributed by atoms with Gasteiger partial charge in [0.15, 0.2) is 0 Å². The van der Waals surface area contributed by atoms with E-state index in [1.54, 1.807) is 11.0 Å². The van der Waals surface area contributed by atoms with Gasteiger partial charge < -0.3 is 19.5 Å². The van der Waals surface area contributed by atoms with E-state index in [0.717, 1.165) is 35.9 Å². The molecule has 0 unspecified atom stereocenters. The Morgan fingerprint density at radius 1 is 1.22 bits per heavy atom. The number of fused-ring (bicyclic) bond motifs is 3. The number of nitrogens with one attached hydrogen (secondary N) is 1. The number of hydrogen-bond acceptors (Lipinski definition) is 3. The third-order valence-corrected chi connectivity index (χ3v) is 6.80. The van der Waals surface area contributed by atoms with E-state index in [9.17, 15) is 9.59 Å². The van der Waals surface area contributed by atoms with Gasteiger partial charge in [-0.1, -0.05) is 41.9 Å². The fourth-order valence-electron chi connectivity index (χ4n) is 4.77. The second-order valence-electron chi connectivity index (χ2n) is 8.81. The Labute approximate surface area is 192 Å². The van der Waals surface area contributed by atoms with Crippen LogP contribution in [0.4, 0.5) is 0 Å². The van der Waals surface area contributed by atoms with Crippen LogP contribution in [0.3, 0.4) is 0 Å². The number of benzene rings is 2. The quantitative estimate of drug-likeness (QED) is 0.637. The molecule has 1 fully saturated rings. The summed E-state index contributed by atoms with van der Waals surface area (Å²) in [6.45, 7) is 3.70. The first-order valence-corrected chi connectivity index (χ1v) is 11.4. The molecule has 2 atom stereocenters. The van der Waals surface area contributed by atoms with Crippen molar-refractivity contribution in [2.45, 2.75) is 44.5 Å². The molecule has 2 aliphatic rings. The van der Waals surface area contributed by atoms with Gasteiger partial charge in [0.2, 0.25) is 5.91 Å². The zero-order valence-electron chi connectivity index (χ0n) is 18.0. The molecule has 32 heavy (non-hydrogen) atoms. The van der Waals surface area contributed by atoms with Gasteiger partial charge in [0.1, 0.15) is 11.2 Å². The maximum Gasteiger partial charge on any atom is 0.271 e. The van der Waals surface area contributed by atoms with E-state index in [4.69, 9.17) is 16.3 Å². The van der Waals surface area contributed by atoms with E-state index in [0.29, 0.717) is 30.4 Å². The highest BCUT2D eigenvalue weighted by Crippen LogP contribution is 2.33. The van der Waals surface area contributed by atoms with Crippen molar-refractivity contribution in [3.8, 4) is 0 Å². The van der Waals surface area contributed by atoms with Crippen LogP contribution in [0.2, 0.25) is 5.02 Å². The lowest BCUT2D eigenvalue weighted by atomic mass is 9.93. The number of carbonyl (C=O) groups is 2. The van der Waals surface area contributed by atoms with E-state index in [2.05, 4.69) is 5.32 Å². The Bertz CT molecular complexity index is 1180. The van der Waals surface area contributed by atoms with Crippen LogP contribution in [0, 0.1) is 0 Å². The smallest absolute Gasteiger partial charge is 0.271 e. The van der Waals surface area contributed by atoms with Gasteiger partial charge in [0.25, 0.3) is 5.91 Å². The van der Waals surface area contributed by atoms with Crippen LogP contribution < -0.4 is 5.32 Å². The predicted molar refractivity (Wildman–Crippen MR) is 124 cm³/mol. The maximum atomic E-state index is 13.7. The van der Waals surface area contributed by atoms with Gasteiger partial charge in [0.05, 0.1) is 12.6 Å². The third kappa shape index (κ3) is 3.67. The van der Waals surface area contributed by atoms with Crippen molar-refractivity contribution in [1.29, 1.82) is 0 Å². The minimum atomic E-state index is -1.06. The number of hydrogen-bond donors (Lipinski definition) is 1. The Balaban J connectivity index is 1.52. The molecular weight excluding hydrogens is 426 g/mol. The number of ether oxygens (including phenoxy) is 1. The zero-order valence-corrected chi connectivity index (χ0v) is 18.8. The summed E-state index contributed by atoms with van der Waals surface area (Å²) in [5.41, 5.74) is 1.37. The van der Waals surface area contributed by atoms with Crippen molar-refractivity contribution in [2.24, 2.45) is 0 Å². The van der Waals surface area contributed by atoms with E-state index < -0.39 is 5.54 Å². The lowest BCUT2D eigenvalue weighted by Gasteiger charge is -2.44. The minimum Gasteiger partial charge on any atom is -0.376 e. The summed E-state index contributed by atoms with van der Waals surface area (Å²) >= 11 is 6.19. The Kier molecular flexibility index (Phi) is 5.43. The van der Waals surface area contributed by atoms with Gasteiger partial charge in [-0.15, -0.1) is 0 Å². The van der Waals surface area contributed by atoms with Gasteiger partial charge in [-0.3, -0.25) is 9.59 Å². The summed E-state index contributed by atoms with van der Waals surface area (Å²) < 4.78 is 7.64. The van der Waals surface area contributed by atoms with Crippen molar-refractivity contribution in [3.05, 3.63) is 70.9 Å². The molecule has 6 nitrogen and oxygen atoms in total. The summed E-state index contributed by atoms with van der Waals surface area (Å²) in [5.74, 6) is -0.339. The number of para-hydroxylation sites is 1. The average Bonchev–Trinajstić information content (AvgIpc) is 3.43. The number of nitrogens with zero attached hydrogens (tertiary/aromatic N) is 2. The highest BCUT2D eigenvalue weighted by molar-refractivity contribution is 6.30. The molecule has 3 aromatic rings. The van der Waals surface area contributed by atoms with E-state index in [1.807, 2.05) is 60.0 Å². The third-order valence-electron chi connectivity index (χ3n) is 6.57. The first-order valence-electron chi connectivity index (χ1n) is 11.0. The standard InChI is InChI=1S/C25H26ClN3O3/c1-25(24(31)27-14-20-9-5-11-32-20)16-28-21-10-3-2-7-18(21)13-22(28)23(30)29(25)15-17-6-4-8-19(26)12-17/h2-4,6-8,10,12-13,20H,5,9,11,14-16H2,1H3,(H,27,31)/t20-,25+/m1/s1. The molecule has 2 amide bonds. The molecule has 3 heterocycles. The summed E-state index contributed by atoms with van der Waals surface area (Å²) in [4.78, 5) is 29.0. The molecule has 2 aromatic carbocycles. The number of halogens is 1. The van der Waals surface area contributed by atoms with Crippen LogP contribution in [0.15, 0.2) is 54.6 Å². The molecule has 1 N–H and O–H groups in total. The van der Waals surface area contributed by atoms with Crippen molar-refractivity contribution in [2.75, 3.05) is 13.2 Å². The topological polar surface area (TPSA) is 63.6 Å². The predicted octanol–water partition coefficient (Wildman–Crippen LogP) is 4.00. The van der Waals surface area contributed by atoms with Gasteiger partial charge in [-0.25, -0.2) is 0 Å². The molecule has 1 aromatic heterocycles. The largest absolute Gasteiger partial charge is 0.376 e. The molecule has 7 heteroatoms. The number of carbonyl (C=O) groups excluding carboxylic acids is 2. The summed E-state index contributed by atoms with van der Waals surface area (Å²) in [7, 11) is 0. The molecule has 1 saturated heterocycles.